The van der Waals surface area contributed by atoms with Gasteiger partial charge in [0.25, 0.3) is 5.91 Å². The van der Waals surface area contributed by atoms with Crippen LogP contribution < -0.4 is 16.0 Å². The Hall–Kier alpha value is -2.56. The van der Waals surface area contributed by atoms with Crippen molar-refractivity contribution in [3.8, 4) is 11.8 Å². The van der Waals surface area contributed by atoms with Gasteiger partial charge in [0, 0.05) is 30.1 Å². The van der Waals surface area contributed by atoms with E-state index in [-0.39, 0.29) is 23.1 Å². The molecule has 6 nitrogen and oxygen atoms in total. The molecule has 2 saturated carbocycles. The molecule has 7 heteroatoms. The SMILES string of the molecule is CN(C(=O)/C(N)=C/NCC1OCC2(CC2)CO1)c1cc(C#CC2CC2)ccc1F. The van der Waals surface area contributed by atoms with Crippen molar-refractivity contribution in [1.29, 1.82) is 0 Å². The highest BCUT2D eigenvalue weighted by molar-refractivity contribution is 6.04. The molecule has 0 unspecified atom stereocenters. The number of hydrogen-bond donors (Lipinski definition) is 2. The minimum absolute atomic E-state index is 0.0316. The molecule has 154 valence electrons. The molecule has 0 bridgehead atoms. The number of rotatable bonds is 5. The van der Waals surface area contributed by atoms with Gasteiger partial charge in [-0.3, -0.25) is 4.79 Å². The number of benzene rings is 1. The predicted molar refractivity (Wildman–Crippen MR) is 107 cm³/mol. The summed E-state index contributed by atoms with van der Waals surface area (Å²) < 4.78 is 25.6. The molecule has 1 saturated heterocycles. The Balaban J connectivity index is 1.33. The van der Waals surface area contributed by atoms with Gasteiger partial charge >= 0.3 is 0 Å². The van der Waals surface area contributed by atoms with Crippen LogP contribution in [0.4, 0.5) is 10.1 Å². The van der Waals surface area contributed by atoms with Crippen LogP contribution in [0.1, 0.15) is 31.2 Å². The van der Waals surface area contributed by atoms with E-state index >= 15 is 0 Å². The van der Waals surface area contributed by atoms with Crippen molar-refractivity contribution in [1.82, 2.24) is 5.32 Å². The number of carbonyl (C=O) groups excluding carboxylic acids is 1. The lowest BCUT2D eigenvalue weighted by Crippen LogP contribution is -2.39. The molecular formula is C22H26FN3O3. The number of nitrogens with zero attached hydrogens (tertiary/aromatic N) is 1. The van der Waals surface area contributed by atoms with Crippen molar-refractivity contribution in [3.05, 3.63) is 41.5 Å². The van der Waals surface area contributed by atoms with Gasteiger partial charge < -0.3 is 25.4 Å². The zero-order chi connectivity index (χ0) is 20.4. The van der Waals surface area contributed by atoms with E-state index in [1.54, 1.807) is 12.1 Å². The lowest BCUT2D eigenvalue weighted by molar-refractivity contribution is -0.203. The van der Waals surface area contributed by atoms with E-state index in [1.165, 1.54) is 24.2 Å². The second kappa shape index (κ2) is 8.05. The van der Waals surface area contributed by atoms with Gasteiger partial charge in [-0.15, -0.1) is 0 Å². The average molecular weight is 399 g/mol. The lowest BCUT2D eigenvalue weighted by Gasteiger charge is -2.29. The minimum atomic E-state index is -0.508. The minimum Gasteiger partial charge on any atom is -0.393 e. The molecule has 4 rings (SSSR count). The number of halogens is 1. The first-order chi connectivity index (χ1) is 14.0. The van der Waals surface area contributed by atoms with Crippen molar-refractivity contribution in [3.63, 3.8) is 0 Å². The Morgan fingerprint density at radius 2 is 2.10 bits per heavy atom. The topological polar surface area (TPSA) is 76.8 Å². The zero-order valence-corrected chi connectivity index (χ0v) is 16.5. The molecular weight excluding hydrogens is 373 g/mol. The number of nitrogens with two attached hydrogens (primary N) is 1. The average Bonchev–Trinajstić information content (AvgIpc) is 3.65. The third kappa shape index (κ3) is 4.89. The molecule has 1 aliphatic heterocycles. The Kier molecular flexibility index (Phi) is 5.48. The van der Waals surface area contributed by atoms with E-state index in [0.29, 0.717) is 31.2 Å². The molecule has 0 aromatic heterocycles. The van der Waals surface area contributed by atoms with Crippen molar-refractivity contribution >= 4 is 11.6 Å². The second-order valence-electron chi connectivity index (χ2n) is 8.13. The van der Waals surface area contributed by atoms with Gasteiger partial charge in [0.05, 0.1) is 25.4 Å². The summed E-state index contributed by atoms with van der Waals surface area (Å²) in [6, 6.07) is 4.50. The molecule has 1 heterocycles. The Bertz CT molecular complexity index is 871. The van der Waals surface area contributed by atoms with Crippen molar-refractivity contribution in [2.75, 3.05) is 31.7 Å². The standard InChI is InChI=1S/C22H26FN3O3/c1-26(19-10-16(6-7-17(19)23)5-4-15-2-3-15)21(27)18(24)11-25-12-20-28-13-22(8-9-22)14-29-20/h6-7,10-11,15,20,25H,2-3,8-9,12-14,24H2,1H3/b18-11-. The number of anilines is 1. The molecule has 2 aliphatic carbocycles. The summed E-state index contributed by atoms with van der Waals surface area (Å²) in [6.07, 6.45) is 5.59. The molecule has 0 radical (unpaired) electrons. The molecule has 29 heavy (non-hydrogen) atoms. The van der Waals surface area contributed by atoms with Crippen LogP contribution in [-0.2, 0) is 14.3 Å². The first-order valence-corrected chi connectivity index (χ1v) is 9.97. The van der Waals surface area contributed by atoms with Crippen LogP contribution >= 0.6 is 0 Å². The molecule has 3 aliphatic rings. The van der Waals surface area contributed by atoms with Gasteiger partial charge in [-0.25, -0.2) is 4.39 Å². The van der Waals surface area contributed by atoms with Crippen molar-refractivity contribution < 1.29 is 18.7 Å². The van der Waals surface area contributed by atoms with Crippen LogP contribution in [-0.4, -0.2) is 39.0 Å². The first-order valence-electron chi connectivity index (χ1n) is 9.97. The predicted octanol–water partition coefficient (Wildman–Crippen LogP) is 2.09. The molecule has 3 N–H and O–H groups in total. The number of amides is 1. The van der Waals surface area contributed by atoms with Gasteiger partial charge in [-0.05, 0) is 43.9 Å². The fourth-order valence-electron chi connectivity index (χ4n) is 3.10. The van der Waals surface area contributed by atoms with Gasteiger partial charge in [-0.1, -0.05) is 11.8 Å². The maximum Gasteiger partial charge on any atom is 0.275 e. The van der Waals surface area contributed by atoms with Crippen molar-refractivity contribution in [2.45, 2.75) is 32.0 Å². The summed E-state index contributed by atoms with van der Waals surface area (Å²) in [5.41, 5.74) is 6.92. The van der Waals surface area contributed by atoms with E-state index in [9.17, 15) is 9.18 Å². The Morgan fingerprint density at radius 3 is 2.76 bits per heavy atom. The summed E-state index contributed by atoms with van der Waals surface area (Å²) in [4.78, 5) is 13.8. The van der Waals surface area contributed by atoms with E-state index in [4.69, 9.17) is 15.2 Å². The first kappa shape index (κ1) is 19.7. The molecule has 1 aromatic carbocycles. The highest BCUT2D eigenvalue weighted by Gasteiger charge is 2.46. The summed E-state index contributed by atoms with van der Waals surface area (Å²) >= 11 is 0. The van der Waals surface area contributed by atoms with Gasteiger partial charge in [0.2, 0.25) is 0 Å². The number of likely N-dealkylation sites (N-methyl/N-ethyl adjacent to an activating group) is 1. The quantitative estimate of drug-likeness (QED) is 0.586. The summed E-state index contributed by atoms with van der Waals surface area (Å²) in [7, 11) is 1.49. The van der Waals surface area contributed by atoms with E-state index < -0.39 is 11.7 Å². The third-order valence-electron chi connectivity index (χ3n) is 5.51. The van der Waals surface area contributed by atoms with Crippen molar-refractivity contribution in [2.24, 2.45) is 17.1 Å². The fourth-order valence-corrected chi connectivity index (χ4v) is 3.10. The van der Waals surface area contributed by atoms with Crippen LogP contribution in [0.3, 0.4) is 0 Å². The highest BCUT2D eigenvalue weighted by atomic mass is 19.1. The van der Waals surface area contributed by atoms with Gasteiger partial charge in [0.1, 0.15) is 11.5 Å². The van der Waals surface area contributed by atoms with E-state index in [2.05, 4.69) is 17.2 Å². The van der Waals surface area contributed by atoms with Gasteiger partial charge in [-0.2, -0.15) is 0 Å². The molecule has 3 fully saturated rings. The maximum atomic E-state index is 14.3. The number of ether oxygens (including phenoxy) is 2. The van der Waals surface area contributed by atoms with Crippen LogP contribution in [0.2, 0.25) is 0 Å². The molecule has 1 amide bonds. The number of nitrogens with one attached hydrogen (secondary N) is 1. The largest absolute Gasteiger partial charge is 0.393 e. The number of carbonyl (C=O) groups is 1. The molecule has 1 aromatic rings. The van der Waals surface area contributed by atoms with E-state index in [0.717, 1.165) is 25.7 Å². The third-order valence-corrected chi connectivity index (χ3v) is 5.51. The summed E-state index contributed by atoms with van der Waals surface area (Å²) in [5, 5.41) is 2.95. The van der Waals surface area contributed by atoms with Gasteiger partial charge in [0.15, 0.2) is 6.29 Å². The normalized spacial score (nSPS) is 20.7. The van der Waals surface area contributed by atoms with Crippen LogP contribution in [0.5, 0.6) is 0 Å². The second-order valence-corrected chi connectivity index (χ2v) is 8.13. The van der Waals surface area contributed by atoms with Crippen LogP contribution in [0.25, 0.3) is 0 Å². The maximum absolute atomic E-state index is 14.3. The van der Waals surface area contributed by atoms with E-state index in [1.807, 2.05) is 0 Å². The smallest absolute Gasteiger partial charge is 0.275 e. The van der Waals surface area contributed by atoms with Crippen LogP contribution in [0.15, 0.2) is 30.1 Å². The Morgan fingerprint density at radius 1 is 1.38 bits per heavy atom. The van der Waals surface area contributed by atoms with Crippen LogP contribution in [0, 0.1) is 29.0 Å². The zero-order valence-electron chi connectivity index (χ0n) is 16.5. The summed E-state index contributed by atoms with van der Waals surface area (Å²) in [6.45, 7) is 1.80. The Labute approximate surface area is 170 Å². The molecule has 0 atom stereocenters. The monoisotopic (exact) mass is 399 g/mol. The fraction of sp³-hybridized carbons (Fsp3) is 0.500. The molecule has 1 spiro atoms. The highest BCUT2D eigenvalue weighted by Crippen LogP contribution is 2.48. The summed E-state index contributed by atoms with van der Waals surface area (Å²) in [5.74, 6) is 5.60. The number of hydrogen-bond acceptors (Lipinski definition) is 5. The lowest BCUT2D eigenvalue weighted by atomic mass is 10.1.